The zero-order valence-corrected chi connectivity index (χ0v) is 15.8. The van der Waals surface area contributed by atoms with Crippen LogP contribution in [0.25, 0.3) is 0 Å². The van der Waals surface area contributed by atoms with Crippen molar-refractivity contribution in [3.63, 3.8) is 0 Å². The minimum Gasteiger partial charge on any atom is -0.370 e. The third-order valence-corrected chi connectivity index (χ3v) is 5.36. The fourth-order valence-electron chi connectivity index (χ4n) is 3.92. The van der Waals surface area contributed by atoms with Gasteiger partial charge in [-0.1, -0.05) is 40.9 Å². The van der Waals surface area contributed by atoms with Crippen molar-refractivity contribution < 1.29 is 14.3 Å². The summed E-state index contributed by atoms with van der Waals surface area (Å²) in [5, 5.41) is 0. The van der Waals surface area contributed by atoms with Crippen molar-refractivity contribution in [2.24, 2.45) is 11.3 Å². The molecule has 0 amide bonds. The van der Waals surface area contributed by atoms with Gasteiger partial charge >= 0.3 is 0 Å². The first-order valence-corrected chi connectivity index (χ1v) is 9.33. The molecule has 0 aliphatic carbocycles. The van der Waals surface area contributed by atoms with E-state index >= 15 is 0 Å². The number of carbonyl (C=O) groups is 1. The summed E-state index contributed by atoms with van der Waals surface area (Å²) in [6.45, 7) is 17.4. The quantitative estimate of drug-likeness (QED) is 0.514. The van der Waals surface area contributed by atoms with Gasteiger partial charge in [0.2, 0.25) is 0 Å². The highest BCUT2D eigenvalue weighted by Crippen LogP contribution is 2.40. The fourth-order valence-corrected chi connectivity index (χ4v) is 3.92. The molecule has 2 saturated heterocycles. The third kappa shape index (κ3) is 4.80. The largest absolute Gasteiger partial charge is 0.370 e. The Balaban J connectivity index is 1.86. The maximum Gasteiger partial charge on any atom is 0.120 e. The van der Waals surface area contributed by atoms with Crippen molar-refractivity contribution in [1.82, 2.24) is 0 Å². The molecule has 0 aromatic heterocycles. The number of hydrogen-bond donors (Lipinski definition) is 0. The van der Waals surface area contributed by atoms with E-state index in [1.807, 2.05) is 0 Å². The van der Waals surface area contributed by atoms with Crippen molar-refractivity contribution in [1.29, 1.82) is 0 Å². The molecule has 2 aliphatic heterocycles. The van der Waals surface area contributed by atoms with Crippen LogP contribution in [0.3, 0.4) is 0 Å². The molecule has 0 spiro atoms. The second-order valence-electron chi connectivity index (χ2n) is 8.65. The van der Waals surface area contributed by atoms with Gasteiger partial charge in [0.25, 0.3) is 0 Å². The van der Waals surface area contributed by atoms with Gasteiger partial charge in [-0.15, -0.1) is 0 Å². The van der Waals surface area contributed by atoms with Crippen molar-refractivity contribution in [3.05, 3.63) is 24.3 Å². The highest BCUT2D eigenvalue weighted by atomic mass is 16.5. The molecule has 2 fully saturated rings. The third-order valence-electron chi connectivity index (χ3n) is 5.36. The highest BCUT2D eigenvalue weighted by Gasteiger charge is 2.38. The summed E-state index contributed by atoms with van der Waals surface area (Å²) < 4.78 is 12.5. The lowest BCUT2D eigenvalue weighted by atomic mass is 9.76. The molecule has 0 bridgehead atoms. The molecule has 5 atom stereocenters. The van der Waals surface area contributed by atoms with Crippen LogP contribution < -0.4 is 0 Å². The van der Waals surface area contributed by atoms with Gasteiger partial charge in [-0.25, -0.2) is 0 Å². The Bertz CT molecular complexity index is 474. The van der Waals surface area contributed by atoms with E-state index in [-0.39, 0.29) is 29.8 Å². The lowest BCUT2D eigenvalue weighted by molar-refractivity contribution is -0.108. The Morgan fingerprint density at radius 2 is 1.83 bits per heavy atom. The van der Waals surface area contributed by atoms with Crippen LogP contribution in [0.5, 0.6) is 0 Å². The smallest absolute Gasteiger partial charge is 0.120 e. The van der Waals surface area contributed by atoms with Crippen LogP contribution >= 0.6 is 0 Å². The zero-order valence-electron chi connectivity index (χ0n) is 15.8. The SMILES string of the molecule is C=C1CC(CCC=O)OC1CCC1CC(C)C(=C)[C@@H](C(C)(C)C)O1. The van der Waals surface area contributed by atoms with Crippen LogP contribution in [-0.4, -0.2) is 30.7 Å². The van der Waals surface area contributed by atoms with Crippen LogP contribution in [-0.2, 0) is 14.3 Å². The van der Waals surface area contributed by atoms with Gasteiger partial charge < -0.3 is 14.3 Å². The van der Waals surface area contributed by atoms with Crippen LogP contribution in [0.2, 0.25) is 0 Å². The Kier molecular flexibility index (Phi) is 6.44. The zero-order chi connectivity index (χ0) is 17.9. The van der Waals surface area contributed by atoms with E-state index in [0.29, 0.717) is 12.3 Å². The van der Waals surface area contributed by atoms with Gasteiger partial charge in [0.1, 0.15) is 6.29 Å². The molecule has 2 heterocycles. The van der Waals surface area contributed by atoms with Gasteiger partial charge in [-0.3, -0.25) is 0 Å². The van der Waals surface area contributed by atoms with Crippen LogP contribution in [0.1, 0.15) is 66.2 Å². The van der Waals surface area contributed by atoms with E-state index in [1.54, 1.807) is 0 Å². The molecular weight excluding hydrogens is 300 g/mol. The van der Waals surface area contributed by atoms with Crippen molar-refractivity contribution in [2.75, 3.05) is 0 Å². The summed E-state index contributed by atoms with van der Waals surface area (Å²) in [7, 11) is 0. The summed E-state index contributed by atoms with van der Waals surface area (Å²) in [4.78, 5) is 10.5. The van der Waals surface area contributed by atoms with E-state index in [1.165, 1.54) is 11.1 Å². The molecule has 0 aromatic carbocycles. The number of rotatable bonds is 6. The first kappa shape index (κ1) is 19.4. The maximum atomic E-state index is 10.5. The second kappa shape index (κ2) is 7.97. The summed E-state index contributed by atoms with van der Waals surface area (Å²) in [6.07, 6.45) is 6.91. The van der Waals surface area contributed by atoms with Crippen LogP contribution in [0.4, 0.5) is 0 Å². The Morgan fingerprint density at radius 3 is 2.46 bits per heavy atom. The predicted molar refractivity (Wildman–Crippen MR) is 98.0 cm³/mol. The monoisotopic (exact) mass is 334 g/mol. The molecule has 3 nitrogen and oxygen atoms in total. The lowest BCUT2D eigenvalue weighted by Gasteiger charge is -2.42. The molecular formula is C21H34O3. The maximum absolute atomic E-state index is 10.5. The molecule has 2 rings (SSSR count). The van der Waals surface area contributed by atoms with Gasteiger partial charge in [0, 0.05) is 6.42 Å². The first-order chi connectivity index (χ1) is 11.2. The van der Waals surface area contributed by atoms with Gasteiger partial charge in [-0.2, -0.15) is 0 Å². The molecule has 0 radical (unpaired) electrons. The summed E-state index contributed by atoms with van der Waals surface area (Å²) in [5.74, 6) is 0.501. The van der Waals surface area contributed by atoms with Gasteiger partial charge in [0.15, 0.2) is 0 Å². The average Bonchev–Trinajstić information content (AvgIpc) is 2.85. The molecule has 0 aromatic rings. The van der Waals surface area contributed by atoms with E-state index in [4.69, 9.17) is 9.47 Å². The Labute approximate surface area is 147 Å². The fraction of sp³-hybridized carbons (Fsp3) is 0.762. The van der Waals surface area contributed by atoms with E-state index in [2.05, 4.69) is 40.9 Å². The van der Waals surface area contributed by atoms with E-state index in [9.17, 15) is 4.79 Å². The molecule has 4 unspecified atom stereocenters. The van der Waals surface area contributed by atoms with E-state index in [0.717, 1.165) is 38.4 Å². The molecule has 0 saturated carbocycles. The number of hydrogen-bond acceptors (Lipinski definition) is 3. The number of carbonyl (C=O) groups excluding carboxylic acids is 1. The van der Waals surface area contributed by atoms with Crippen molar-refractivity contribution >= 4 is 6.29 Å². The molecule has 136 valence electrons. The molecule has 24 heavy (non-hydrogen) atoms. The topological polar surface area (TPSA) is 35.5 Å². The normalized spacial score (nSPS) is 34.6. The van der Waals surface area contributed by atoms with Gasteiger partial charge in [0.05, 0.1) is 24.4 Å². The summed E-state index contributed by atoms with van der Waals surface area (Å²) in [6, 6.07) is 0. The van der Waals surface area contributed by atoms with Crippen LogP contribution in [0, 0.1) is 11.3 Å². The van der Waals surface area contributed by atoms with Crippen molar-refractivity contribution in [2.45, 2.75) is 90.6 Å². The minimum atomic E-state index is 0.0807. The van der Waals surface area contributed by atoms with Crippen LogP contribution in [0.15, 0.2) is 24.3 Å². The highest BCUT2D eigenvalue weighted by molar-refractivity contribution is 5.49. The second-order valence-corrected chi connectivity index (χ2v) is 8.65. The minimum absolute atomic E-state index is 0.0807. The Morgan fingerprint density at radius 1 is 1.12 bits per heavy atom. The van der Waals surface area contributed by atoms with E-state index < -0.39 is 0 Å². The Hall–Kier alpha value is -0.930. The average molecular weight is 335 g/mol. The predicted octanol–water partition coefficient (Wildman–Crippen LogP) is 4.86. The van der Waals surface area contributed by atoms with Gasteiger partial charge in [-0.05, 0) is 54.6 Å². The molecule has 3 heteroatoms. The summed E-state index contributed by atoms with van der Waals surface area (Å²) in [5.41, 5.74) is 2.48. The standard InChI is InChI=1S/C21H34O3/c1-14-12-18(24-20(16(14)3)21(4,5)6)9-10-19-15(2)13-17(23-19)8-7-11-22/h11,14,17-20H,2-3,7-10,12-13H2,1,4-6H3/t14?,17?,18?,19?,20-/m0/s1. The number of aldehydes is 1. The number of ether oxygens (including phenoxy) is 2. The lowest BCUT2D eigenvalue weighted by Crippen LogP contribution is -2.41. The molecule has 2 aliphatic rings. The van der Waals surface area contributed by atoms with Crippen molar-refractivity contribution in [3.8, 4) is 0 Å². The first-order valence-electron chi connectivity index (χ1n) is 9.33. The summed E-state index contributed by atoms with van der Waals surface area (Å²) >= 11 is 0. The molecule has 0 N–H and O–H groups in total.